The van der Waals surface area contributed by atoms with Crippen LogP contribution in [0.3, 0.4) is 0 Å². The Labute approximate surface area is 93.3 Å². The van der Waals surface area contributed by atoms with E-state index in [1.54, 1.807) is 6.08 Å². The van der Waals surface area contributed by atoms with Crippen molar-refractivity contribution in [3.8, 4) is 0 Å². The number of fused-ring (bicyclic) bond motifs is 1. The fraction of sp³-hybridized carbons (Fsp3) is 0.333. The molecule has 16 heavy (non-hydrogen) atoms. The van der Waals surface area contributed by atoms with E-state index in [9.17, 15) is 9.90 Å². The molecule has 0 aromatic carbocycles. The molecule has 2 N–H and O–H groups in total. The van der Waals surface area contributed by atoms with Gasteiger partial charge in [-0.1, -0.05) is 6.92 Å². The van der Waals surface area contributed by atoms with Crippen molar-refractivity contribution < 1.29 is 15.0 Å². The van der Waals surface area contributed by atoms with Crippen LogP contribution in [0.15, 0.2) is 17.8 Å². The quantitative estimate of drug-likeness (QED) is 0.808. The van der Waals surface area contributed by atoms with Crippen LogP contribution in [-0.4, -0.2) is 27.3 Å². The molecular weight excluding hydrogens is 206 g/mol. The van der Waals surface area contributed by atoms with Crippen LogP contribution in [0.5, 0.6) is 0 Å². The number of hydrogen-bond acceptors (Lipinski definition) is 3. The van der Waals surface area contributed by atoms with Crippen molar-refractivity contribution in [2.75, 3.05) is 0 Å². The monoisotopic (exact) mass is 219 g/mol. The van der Waals surface area contributed by atoms with Crippen molar-refractivity contribution in [3.05, 3.63) is 34.7 Å². The summed E-state index contributed by atoms with van der Waals surface area (Å²) in [5, 5.41) is 18.7. The Morgan fingerprint density at radius 1 is 1.62 bits per heavy atom. The third-order valence-corrected chi connectivity index (χ3v) is 2.84. The van der Waals surface area contributed by atoms with Gasteiger partial charge in [-0.2, -0.15) is 0 Å². The predicted molar refractivity (Wildman–Crippen MR) is 59.2 cm³/mol. The van der Waals surface area contributed by atoms with Gasteiger partial charge >= 0.3 is 5.97 Å². The van der Waals surface area contributed by atoms with E-state index in [2.05, 4.69) is 4.98 Å². The molecule has 0 bridgehead atoms. The number of carboxylic acid groups (broad SMARTS) is 1. The Hall–Kier alpha value is -1.68. The lowest BCUT2D eigenvalue weighted by Crippen LogP contribution is -2.09. The average molecular weight is 219 g/mol. The zero-order chi connectivity index (χ0) is 11.7. The summed E-state index contributed by atoms with van der Waals surface area (Å²) in [6, 6.07) is 1.50. The van der Waals surface area contributed by atoms with E-state index in [1.807, 2.05) is 6.92 Å². The second-order valence-corrected chi connectivity index (χ2v) is 3.85. The number of nitrogens with zero attached hydrogens (tertiary/aromatic N) is 1. The van der Waals surface area contributed by atoms with Crippen LogP contribution in [0.2, 0.25) is 0 Å². The molecule has 0 amide bonds. The highest BCUT2D eigenvalue weighted by Gasteiger charge is 2.23. The molecule has 1 unspecified atom stereocenters. The molecular formula is C12H13NO3. The molecule has 1 aliphatic carbocycles. The van der Waals surface area contributed by atoms with Crippen molar-refractivity contribution in [3.63, 3.8) is 0 Å². The molecule has 0 spiro atoms. The van der Waals surface area contributed by atoms with E-state index in [0.29, 0.717) is 24.1 Å². The van der Waals surface area contributed by atoms with Gasteiger partial charge in [-0.25, -0.2) is 4.79 Å². The number of aliphatic hydroxyl groups is 1. The zero-order valence-corrected chi connectivity index (χ0v) is 8.97. The van der Waals surface area contributed by atoms with Crippen molar-refractivity contribution in [2.24, 2.45) is 0 Å². The lowest BCUT2D eigenvalue weighted by molar-refractivity contribution is 0.0695. The molecule has 2 rings (SSSR count). The molecule has 4 nitrogen and oxygen atoms in total. The van der Waals surface area contributed by atoms with Crippen LogP contribution in [0.4, 0.5) is 0 Å². The summed E-state index contributed by atoms with van der Waals surface area (Å²) < 4.78 is 0. The first-order valence-electron chi connectivity index (χ1n) is 5.23. The van der Waals surface area contributed by atoms with E-state index in [-0.39, 0.29) is 5.56 Å². The standard InChI is InChI=1S/C12H13NO3/c1-2-11(14)7-5-9-8(12(15)16)3-4-13-10(9)6-7/h3-4,6,11,14H,2,5H2,1H3,(H,15,16). The fourth-order valence-electron chi connectivity index (χ4n) is 1.93. The normalized spacial score (nSPS) is 15.5. The minimum absolute atomic E-state index is 0.277. The molecule has 1 aromatic rings. The first kappa shape index (κ1) is 10.8. The summed E-state index contributed by atoms with van der Waals surface area (Å²) in [4.78, 5) is 15.1. The SMILES string of the molecule is CCC(O)C1=Cc2nccc(C(=O)O)c2C1. The van der Waals surface area contributed by atoms with Crippen molar-refractivity contribution >= 4 is 12.0 Å². The molecule has 1 aliphatic rings. The van der Waals surface area contributed by atoms with Gasteiger partial charge in [-0.05, 0) is 36.1 Å². The molecule has 1 aromatic heterocycles. The largest absolute Gasteiger partial charge is 0.478 e. The predicted octanol–water partition coefficient (Wildman–Crippen LogP) is 1.49. The number of hydrogen-bond donors (Lipinski definition) is 2. The summed E-state index contributed by atoms with van der Waals surface area (Å²) >= 11 is 0. The molecule has 0 aliphatic heterocycles. The van der Waals surface area contributed by atoms with Crippen LogP contribution in [0, 0.1) is 0 Å². The highest BCUT2D eigenvalue weighted by molar-refractivity contribution is 5.91. The number of aromatic carboxylic acids is 1. The number of carboxylic acids is 1. The maximum Gasteiger partial charge on any atom is 0.336 e. The van der Waals surface area contributed by atoms with Crippen LogP contribution in [0.1, 0.15) is 35.0 Å². The van der Waals surface area contributed by atoms with E-state index in [1.165, 1.54) is 12.3 Å². The van der Waals surface area contributed by atoms with Gasteiger partial charge in [0.05, 0.1) is 17.4 Å². The number of carbonyl (C=O) groups is 1. The third kappa shape index (κ3) is 1.72. The molecule has 0 saturated heterocycles. The average Bonchev–Trinajstić information content (AvgIpc) is 2.70. The number of rotatable bonds is 3. The van der Waals surface area contributed by atoms with Gasteiger partial charge in [-0.3, -0.25) is 4.98 Å². The number of pyridine rings is 1. The van der Waals surface area contributed by atoms with E-state index < -0.39 is 12.1 Å². The second-order valence-electron chi connectivity index (χ2n) is 3.85. The molecule has 1 atom stereocenters. The Kier molecular flexibility index (Phi) is 2.75. The minimum Gasteiger partial charge on any atom is -0.478 e. The summed E-state index contributed by atoms with van der Waals surface area (Å²) in [7, 11) is 0. The van der Waals surface area contributed by atoms with Gasteiger partial charge in [-0.15, -0.1) is 0 Å². The summed E-state index contributed by atoms with van der Waals surface area (Å²) in [5.74, 6) is -0.945. The first-order valence-corrected chi connectivity index (χ1v) is 5.23. The van der Waals surface area contributed by atoms with Crippen LogP contribution in [-0.2, 0) is 6.42 Å². The minimum atomic E-state index is -0.945. The Bertz CT molecular complexity index is 465. The number of aromatic nitrogens is 1. The summed E-state index contributed by atoms with van der Waals surface area (Å²) in [6.07, 6.45) is 3.88. The van der Waals surface area contributed by atoms with E-state index >= 15 is 0 Å². The molecule has 4 heteroatoms. The third-order valence-electron chi connectivity index (χ3n) is 2.84. The van der Waals surface area contributed by atoms with Gasteiger partial charge in [0.1, 0.15) is 0 Å². The summed E-state index contributed by atoms with van der Waals surface area (Å²) in [5.41, 5.74) is 2.50. The van der Waals surface area contributed by atoms with Gasteiger partial charge < -0.3 is 10.2 Å². The second kappa shape index (κ2) is 4.06. The van der Waals surface area contributed by atoms with E-state index in [0.717, 1.165) is 5.57 Å². The van der Waals surface area contributed by atoms with Crippen molar-refractivity contribution in [1.82, 2.24) is 4.98 Å². The van der Waals surface area contributed by atoms with Crippen LogP contribution >= 0.6 is 0 Å². The molecule has 0 saturated carbocycles. The van der Waals surface area contributed by atoms with E-state index in [4.69, 9.17) is 5.11 Å². The van der Waals surface area contributed by atoms with Crippen molar-refractivity contribution in [1.29, 1.82) is 0 Å². The Balaban J connectivity index is 2.38. The maximum atomic E-state index is 11.0. The van der Waals surface area contributed by atoms with Crippen LogP contribution < -0.4 is 0 Å². The smallest absolute Gasteiger partial charge is 0.336 e. The zero-order valence-electron chi connectivity index (χ0n) is 8.97. The molecule has 84 valence electrons. The van der Waals surface area contributed by atoms with Gasteiger partial charge in [0.15, 0.2) is 0 Å². The molecule has 0 radical (unpaired) electrons. The fourth-order valence-corrected chi connectivity index (χ4v) is 1.93. The number of aliphatic hydroxyl groups excluding tert-OH is 1. The van der Waals surface area contributed by atoms with Gasteiger partial charge in [0.25, 0.3) is 0 Å². The van der Waals surface area contributed by atoms with Crippen LogP contribution in [0.25, 0.3) is 6.08 Å². The first-order chi connectivity index (χ1) is 7.63. The van der Waals surface area contributed by atoms with Gasteiger partial charge in [0.2, 0.25) is 0 Å². The lowest BCUT2D eigenvalue weighted by atomic mass is 10.0. The Morgan fingerprint density at radius 2 is 2.38 bits per heavy atom. The molecule has 1 heterocycles. The summed E-state index contributed by atoms with van der Waals surface area (Å²) in [6.45, 7) is 1.89. The highest BCUT2D eigenvalue weighted by Crippen LogP contribution is 2.28. The Morgan fingerprint density at radius 3 is 3.00 bits per heavy atom. The molecule has 0 fully saturated rings. The highest BCUT2D eigenvalue weighted by atomic mass is 16.4. The topological polar surface area (TPSA) is 70.4 Å². The van der Waals surface area contributed by atoms with Crippen molar-refractivity contribution in [2.45, 2.75) is 25.9 Å². The maximum absolute atomic E-state index is 11.0. The lowest BCUT2D eigenvalue weighted by Gasteiger charge is -2.08. The van der Waals surface area contributed by atoms with Gasteiger partial charge in [0, 0.05) is 6.20 Å².